The third-order valence-electron chi connectivity index (χ3n) is 8.42. The standard InChI is InChI=1S/C30H28FN5O6/c1-3-18-10-21(35-8-9-40-30(17(35)2)15-39-16-30)28(32-13-18)41-19-11-22(29(37)38)36(14-19)27-26-25(33-24(12-31)34-27)20-6-4-5-7-23(20)42-26/h1,4-7,10,13,17,19,22H,8-9,11-12,14-16H2,2H3,(H,37,38)/t17-,19-,22-/m0/s1. The summed E-state index contributed by atoms with van der Waals surface area (Å²) in [6, 6.07) is 8.07. The number of hydrogen-bond acceptors (Lipinski definition) is 10. The average Bonchev–Trinajstić information content (AvgIpc) is 3.58. The Morgan fingerprint density at radius 3 is 2.86 bits per heavy atom. The first kappa shape index (κ1) is 26.4. The molecule has 0 amide bonds. The molecule has 12 heteroatoms. The monoisotopic (exact) mass is 573 g/mol. The summed E-state index contributed by atoms with van der Waals surface area (Å²) in [6.07, 6.45) is 6.83. The molecule has 3 saturated heterocycles. The maximum Gasteiger partial charge on any atom is 0.326 e. The van der Waals surface area contributed by atoms with Crippen LogP contribution in [0.2, 0.25) is 0 Å². The van der Waals surface area contributed by atoms with E-state index in [1.807, 2.05) is 24.3 Å². The summed E-state index contributed by atoms with van der Waals surface area (Å²) in [5.74, 6) is 2.08. The number of carboxylic acids is 1. The molecule has 7 rings (SSSR count). The van der Waals surface area contributed by atoms with Crippen LogP contribution in [0.1, 0.15) is 24.7 Å². The van der Waals surface area contributed by atoms with Crippen LogP contribution in [0.3, 0.4) is 0 Å². The summed E-state index contributed by atoms with van der Waals surface area (Å²) in [7, 11) is 0. The minimum atomic E-state index is -1.06. The second-order valence-electron chi connectivity index (χ2n) is 10.8. The summed E-state index contributed by atoms with van der Waals surface area (Å²) < 4.78 is 38.0. The number of alkyl halides is 1. The molecule has 0 aliphatic carbocycles. The third-order valence-corrected chi connectivity index (χ3v) is 8.42. The van der Waals surface area contributed by atoms with Gasteiger partial charge < -0.3 is 33.5 Å². The van der Waals surface area contributed by atoms with Crippen molar-refractivity contribution >= 4 is 39.5 Å². The van der Waals surface area contributed by atoms with E-state index in [2.05, 4.69) is 32.7 Å². The first-order valence-electron chi connectivity index (χ1n) is 13.8. The molecular weight excluding hydrogens is 545 g/mol. The van der Waals surface area contributed by atoms with Gasteiger partial charge in [0.1, 0.15) is 41.2 Å². The second kappa shape index (κ2) is 10.1. The highest BCUT2D eigenvalue weighted by molar-refractivity contribution is 6.06. The molecule has 3 atom stereocenters. The fraction of sp³-hybridized carbons (Fsp3) is 0.400. The van der Waals surface area contributed by atoms with E-state index in [1.165, 1.54) is 0 Å². The number of terminal acetylenes is 1. The number of para-hydroxylation sites is 1. The Balaban J connectivity index is 1.24. The quantitative estimate of drug-likeness (QED) is 0.342. The molecule has 42 heavy (non-hydrogen) atoms. The second-order valence-corrected chi connectivity index (χ2v) is 10.8. The zero-order chi connectivity index (χ0) is 29.0. The molecule has 3 fully saturated rings. The van der Waals surface area contributed by atoms with E-state index >= 15 is 0 Å². The number of anilines is 2. The average molecular weight is 574 g/mol. The van der Waals surface area contributed by atoms with Crippen molar-refractivity contribution in [3.63, 3.8) is 0 Å². The predicted octanol–water partition coefficient (Wildman–Crippen LogP) is 3.33. The number of morpholine rings is 1. The molecule has 3 aromatic heterocycles. The maximum atomic E-state index is 13.9. The summed E-state index contributed by atoms with van der Waals surface area (Å²) >= 11 is 0. The molecule has 1 N–H and O–H groups in total. The summed E-state index contributed by atoms with van der Waals surface area (Å²) in [5, 5.41) is 10.9. The van der Waals surface area contributed by atoms with Gasteiger partial charge in [0.25, 0.3) is 0 Å². The molecular formula is C30H28FN5O6. The fourth-order valence-electron chi connectivity index (χ4n) is 6.10. The van der Waals surface area contributed by atoms with E-state index < -0.39 is 30.4 Å². The van der Waals surface area contributed by atoms with Gasteiger partial charge in [0.15, 0.2) is 17.2 Å². The van der Waals surface area contributed by atoms with Gasteiger partial charge >= 0.3 is 5.97 Å². The highest BCUT2D eigenvalue weighted by Crippen LogP contribution is 2.40. The number of benzene rings is 1. The number of nitrogens with zero attached hydrogens (tertiary/aromatic N) is 5. The van der Waals surface area contributed by atoms with Crippen molar-refractivity contribution in [2.24, 2.45) is 0 Å². The molecule has 1 spiro atoms. The molecule has 0 saturated carbocycles. The van der Waals surface area contributed by atoms with E-state index in [4.69, 9.17) is 25.1 Å². The number of aliphatic carboxylic acids is 1. The minimum Gasteiger partial charge on any atom is -0.480 e. The van der Waals surface area contributed by atoms with Crippen molar-refractivity contribution < 1.29 is 32.9 Å². The maximum absolute atomic E-state index is 13.9. The number of hydrogen-bond donors (Lipinski definition) is 1. The number of rotatable bonds is 6. The summed E-state index contributed by atoms with van der Waals surface area (Å²) in [6.45, 7) is 3.41. The smallest absolute Gasteiger partial charge is 0.326 e. The molecule has 0 unspecified atom stereocenters. The highest BCUT2D eigenvalue weighted by Gasteiger charge is 2.50. The van der Waals surface area contributed by atoms with Gasteiger partial charge in [-0.05, 0) is 25.1 Å². The van der Waals surface area contributed by atoms with Gasteiger partial charge in [0, 0.05) is 30.1 Å². The van der Waals surface area contributed by atoms with Crippen LogP contribution in [0.25, 0.3) is 22.1 Å². The van der Waals surface area contributed by atoms with E-state index in [9.17, 15) is 14.3 Å². The zero-order valence-corrected chi connectivity index (χ0v) is 22.8. The molecule has 216 valence electrons. The van der Waals surface area contributed by atoms with Gasteiger partial charge in [0.2, 0.25) is 5.88 Å². The lowest BCUT2D eigenvalue weighted by molar-refractivity contribution is -0.228. The lowest BCUT2D eigenvalue weighted by atomic mass is 9.90. The van der Waals surface area contributed by atoms with Crippen LogP contribution in [0.5, 0.6) is 5.88 Å². The van der Waals surface area contributed by atoms with Crippen LogP contribution in [-0.4, -0.2) is 82.7 Å². The molecule has 0 bridgehead atoms. The van der Waals surface area contributed by atoms with Crippen LogP contribution in [-0.2, 0) is 20.9 Å². The Morgan fingerprint density at radius 1 is 1.29 bits per heavy atom. The van der Waals surface area contributed by atoms with Gasteiger partial charge in [0.05, 0.1) is 32.4 Å². The number of halogens is 1. The van der Waals surface area contributed by atoms with Crippen molar-refractivity contribution in [1.82, 2.24) is 15.0 Å². The van der Waals surface area contributed by atoms with Gasteiger partial charge in [-0.1, -0.05) is 18.1 Å². The van der Waals surface area contributed by atoms with Crippen molar-refractivity contribution in [1.29, 1.82) is 0 Å². The first-order chi connectivity index (χ1) is 20.4. The van der Waals surface area contributed by atoms with Crippen molar-refractivity contribution in [2.75, 3.05) is 42.7 Å². The van der Waals surface area contributed by atoms with Crippen molar-refractivity contribution in [3.8, 4) is 18.2 Å². The van der Waals surface area contributed by atoms with Crippen LogP contribution in [0.15, 0.2) is 40.9 Å². The summed E-state index contributed by atoms with van der Waals surface area (Å²) in [4.78, 5) is 29.5. The molecule has 4 aromatic rings. The third kappa shape index (κ3) is 4.19. The molecule has 11 nitrogen and oxygen atoms in total. The van der Waals surface area contributed by atoms with Crippen LogP contribution < -0.4 is 14.5 Å². The molecule has 3 aliphatic heterocycles. The van der Waals surface area contributed by atoms with Gasteiger partial charge in [-0.3, -0.25) is 0 Å². The normalized spacial score (nSPS) is 23.3. The topological polar surface area (TPSA) is 123 Å². The predicted molar refractivity (Wildman–Crippen MR) is 150 cm³/mol. The molecule has 6 heterocycles. The van der Waals surface area contributed by atoms with E-state index in [0.29, 0.717) is 65.6 Å². The number of carbonyl (C=O) groups is 1. The minimum absolute atomic E-state index is 0.0365. The Hall–Kier alpha value is -4.47. The Morgan fingerprint density at radius 2 is 2.12 bits per heavy atom. The number of furan rings is 1. The lowest BCUT2D eigenvalue weighted by Gasteiger charge is -2.53. The SMILES string of the molecule is C#Cc1cnc(O[C@H]2C[C@@H](C(=O)O)N(c3nc(CF)nc4c3oc3ccccc34)C2)c(N2CCOC3(COC3)[C@@H]2C)c1. The van der Waals surface area contributed by atoms with Crippen LogP contribution in [0.4, 0.5) is 15.9 Å². The molecule has 0 radical (unpaired) electrons. The number of ether oxygens (including phenoxy) is 3. The Kier molecular flexibility index (Phi) is 6.36. The fourth-order valence-corrected chi connectivity index (χ4v) is 6.10. The van der Waals surface area contributed by atoms with E-state index in [-0.39, 0.29) is 30.6 Å². The zero-order valence-electron chi connectivity index (χ0n) is 22.8. The van der Waals surface area contributed by atoms with Gasteiger partial charge in [-0.2, -0.15) is 0 Å². The van der Waals surface area contributed by atoms with Gasteiger partial charge in [-0.15, -0.1) is 6.42 Å². The first-order valence-corrected chi connectivity index (χ1v) is 13.8. The number of pyridine rings is 1. The number of fused-ring (bicyclic) bond motifs is 3. The Labute approximate surface area is 240 Å². The number of aromatic nitrogens is 3. The van der Waals surface area contributed by atoms with Crippen molar-refractivity contribution in [3.05, 3.63) is 47.9 Å². The highest BCUT2D eigenvalue weighted by atomic mass is 19.1. The van der Waals surface area contributed by atoms with E-state index in [1.54, 1.807) is 17.2 Å². The van der Waals surface area contributed by atoms with Crippen LogP contribution >= 0.6 is 0 Å². The summed E-state index contributed by atoms with van der Waals surface area (Å²) in [5.41, 5.74) is 2.17. The Bertz CT molecular complexity index is 1730. The van der Waals surface area contributed by atoms with E-state index in [0.717, 1.165) is 0 Å². The molecule has 3 aliphatic rings. The van der Waals surface area contributed by atoms with Crippen LogP contribution in [0, 0.1) is 12.3 Å². The largest absolute Gasteiger partial charge is 0.480 e. The van der Waals surface area contributed by atoms with Crippen molar-refractivity contribution in [2.45, 2.75) is 43.8 Å². The van der Waals surface area contributed by atoms with Gasteiger partial charge in [-0.25, -0.2) is 24.1 Å². The molecule has 1 aromatic carbocycles. The lowest BCUT2D eigenvalue weighted by Crippen LogP contribution is -2.68. The number of carboxylic acid groups (broad SMARTS) is 1.